The lowest BCUT2D eigenvalue weighted by molar-refractivity contribution is 0.0957. The Labute approximate surface area is 119 Å². The van der Waals surface area contributed by atoms with Crippen molar-refractivity contribution < 1.29 is 4.79 Å². The van der Waals surface area contributed by atoms with Gasteiger partial charge in [-0.15, -0.1) is 10.2 Å². The molecule has 1 aliphatic heterocycles. The van der Waals surface area contributed by atoms with E-state index in [9.17, 15) is 4.79 Å². The first-order valence-electron chi connectivity index (χ1n) is 7.53. The van der Waals surface area contributed by atoms with Crippen LogP contribution in [0.3, 0.4) is 0 Å². The van der Waals surface area contributed by atoms with Crippen molar-refractivity contribution in [3.05, 3.63) is 17.8 Å². The van der Waals surface area contributed by atoms with Gasteiger partial charge in [0.1, 0.15) is 0 Å². The maximum Gasteiger partial charge on any atom is 0.271 e. The molecule has 1 saturated carbocycles. The Morgan fingerprint density at radius 3 is 2.80 bits per heavy atom. The number of anilines is 1. The zero-order valence-corrected chi connectivity index (χ0v) is 12.2. The molecule has 1 aromatic heterocycles. The van der Waals surface area contributed by atoms with Crippen LogP contribution in [-0.2, 0) is 0 Å². The van der Waals surface area contributed by atoms with Crippen LogP contribution >= 0.6 is 0 Å². The highest BCUT2D eigenvalue weighted by Crippen LogP contribution is 2.41. The van der Waals surface area contributed by atoms with Crippen molar-refractivity contribution in [3.8, 4) is 0 Å². The molecule has 1 amide bonds. The van der Waals surface area contributed by atoms with Gasteiger partial charge in [-0.05, 0) is 36.8 Å². The topological polar surface area (TPSA) is 58.1 Å². The zero-order valence-electron chi connectivity index (χ0n) is 12.2. The van der Waals surface area contributed by atoms with E-state index in [0.29, 0.717) is 11.7 Å². The van der Waals surface area contributed by atoms with Crippen LogP contribution in [0.25, 0.3) is 0 Å². The smallest absolute Gasteiger partial charge is 0.271 e. The van der Waals surface area contributed by atoms with Crippen LogP contribution in [0.2, 0.25) is 0 Å². The Balaban J connectivity index is 1.80. The standard InChI is InChI=1S/C15H22N4O/c1-10-9-19(13-6-4-3-5-11(10)13)14-8-7-12(17-18-14)15(20)16-2/h7-8,10-11,13H,3-6,9H2,1-2H3,(H,16,20). The minimum absolute atomic E-state index is 0.186. The Morgan fingerprint density at radius 2 is 2.10 bits per heavy atom. The Bertz CT molecular complexity index is 487. The fourth-order valence-corrected chi connectivity index (χ4v) is 3.76. The van der Waals surface area contributed by atoms with Crippen molar-refractivity contribution in [3.63, 3.8) is 0 Å². The molecule has 5 nitrogen and oxygen atoms in total. The molecule has 2 aliphatic rings. The highest BCUT2D eigenvalue weighted by atomic mass is 16.1. The summed E-state index contributed by atoms with van der Waals surface area (Å²) in [5, 5.41) is 10.9. The lowest BCUT2D eigenvalue weighted by atomic mass is 9.80. The highest BCUT2D eigenvalue weighted by molar-refractivity contribution is 5.91. The summed E-state index contributed by atoms with van der Waals surface area (Å²) in [5.41, 5.74) is 0.378. The molecule has 2 fully saturated rings. The molecule has 3 rings (SSSR count). The molecule has 1 saturated heterocycles. The second-order valence-electron chi connectivity index (χ2n) is 6.00. The molecule has 1 N–H and O–H groups in total. The summed E-state index contributed by atoms with van der Waals surface area (Å²) >= 11 is 0. The molecule has 2 heterocycles. The fraction of sp³-hybridized carbons (Fsp3) is 0.667. The Kier molecular flexibility index (Phi) is 3.59. The first-order chi connectivity index (χ1) is 9.70. The van der Waals surface area contributed by atoms with Gasteiger partial charge in [0.05, 0.1) is 0 Å². The van der Waals surface area contributed by atoms with Gasteiger partial charge in [0.25, 0.3) is 5.91 Å². The van der Waals surface area contributed by atoms with E-state index in [1.165, 1.54) is 25.7 Å². The third-order valence-electron chi connectivity index (χ3n) is 4.80. The van der Waals surface area contributed by atoms with Crippen LogP contribution in [-0.4, -0.2) is 35.7 Å². The number of aromatic nitrogens is 2. The number of carbonyl (C=O) groups is 1. The van der Waals surface area contributed by atoms with Gasteiger partial charge in [-0.2, -0.15) is 0 Å². The molecular weight excluding hydrogens is 252 g/mol. The van der Waals surface area contributed by atoms with Crippen LogP contribution in [0.1, 0.15) is 43.1 Å². The summed E-state index contributed by atoms with van der Waals surface area (Å²) in [4.78, 5) is 13.9. The molecule has 20 heavy (non-hydrogen) atoms. The van der Waals surface area contributed by atoms with E-state index in [4.69, 9.17) is 0 Å². The summed E-state index contributed by atoms with van der Waals surface area (Å²) < 4.78 is 0. The van der Waals surface area contributed by atoms with Crippen molar-refractivity contribution in [1.82, 2.24) is 15.5 Å². The van der Waals surface area contributed by atoms with E-state index in [1.54, 1.807) is 13.1 Å². The lowest BCUT2D eigenvalue weighted by Gasteiger charge is -2.32. The number of hydrogen-bond donors (Lipinski definition) is 1. The minimum atomic E-state index is -0.186. The Morgan fingerprint density at radius 1 is 1.30 bits per heavy atom. The van der Waals surface area contributed by atoms with Crippen LogP contribution in [0.15, 0.2) is 12.1 Å². The molecule has 0 spiro atoms. The quantitative estimate of drug-likeness (QED) is 0.894. The number of carbonyl (C=O) groups excluding carboxylic acids is 1. The van der Waals surface area contributed by atoms with Crippen molar-refractivity contribution in [2.75, 3.05) is 18.5 Å². The van der Waals surface area contributed by atoms with Gasteiger partial charge in [-0.25, -0.2) is 0 Å². The van der Waals surface area contributed by atoms with Gasteiger partial charge >= 0.3 is 0 Å². The number of nitrogens with zero attached hydrogens (tertiary/aromatic N) is 3. The second kappa shape index (κ2) is 5.38. The molecule has 0 aromatic carbocycles. The SMILES string of the molecule is CNC(=O)c1ccc(N2CC(C)C3CCCCC32)nn1. The maximum atomic E-state index is 11.5. The fourth-order valence-electron chi connectivity index (χ4n) is 3.76. The molecule has 0 bridgehead atoms. The number of fused-ring (bicyclic) bond motifs is 1. The molecule has 5 heteroatoms. The highest BCUT2D eigenvalue weighted by Gasteiger charge is 2.41. The van der Waals surface area contributed by atoms with Crippen molar-refractivity contribution in [2.45, 2.75) is 38.6 Å². The van der Waals surface area contributed by atoms with E-state index in [2.05, 4.69) is 27.3 Å². The zero-order chi connectivity index (χ0) is 14.1. The van der Waals surface area contributed by atoms with Crippen molar-refractivity contribution >= 4 is 11.7 Å². The average Bonchev–Trinajstić information content (AvgIpc) is 2.84. The first kappa shape index (κ1) is 13.3. The molecule has 1 aromatic rings. The van der Waals surface area contributed by atoms with Crippen LogP contribution < -0.4 is 10.2 Å². The Hall–Kier alpha value is -1.65. The molecular formula is C15H22N4O. The third kappa shape index (κ3) is 2.25. The van der Waals surface area contributed by atoms with Gasteiger partial charge in [-0.3, -0.25) is 4.79 Å². The minimum Gasteiger partial charge on any atom is -0.354 e. The number of hydrogen-bond acceptors (Lipinski definition) is 4. The van der Waals surface area contributed by atoms with E-state index in [0.717, 1.165) is 24.2 Å². The predicted octanol–water partition coefficient (Wildman–Crippen LogP) is 1.85. The molecule has 1 aliphatic carbocycles. The van der Waals surface area contributed by atoms with Crippen LogP contribution in [0, 0.1) is 11.8 Å². The summed E-state index contributed by atoms with van der Waals surface area (Å²) in [6.07, 6.45) is 5.27. The van der Waals surface area contributed by atoms with Crippen molar-refractivity contribution in [1.29, 1.82) is 0 Å². The first-order valence-corrected chi connectivity index (χ1v) is 7.53. The van der Waals surface area contributed by atoms with Crippen LogP contribution in [0.5, 0.6) is 0 Å². The summed E-state index contributed by atoms with van der Waals surface area (Å²) in [5.74, 6) is 2.25. The van der Waals surface area contributed by atoms with Gasteiger partial charge in [0.2, 0.25) is 0 Å². The largest absolute Gasteiger partial charge is 0.354 e. The monoisotopic (exact) mass is 274 g/mol. The maximum absolute atomic E-state index is 11.5. The van der Waals surface area contributed by atoms with E-state index in [1.807, 2.05) is 6.07 Å². The predicted molar refractivity (Wildman–Crippen MR) is 77.7 cm³/mol. The van der Waals surface area contributed by atoms with Gasteiger partial charge < -0.3 is 10.2 Å². The lowest BCUT2D eigenvalue weighted by Crippen LogP contribution is -2.35. The van der Waals surface area contributed by atoms with E-state index in [-0.39, 0.29) is 5.91 Å². The molecule has 0 radical (unpaired) electrons. The van der Waals surface area contributed by atoms with Crippen LogP contribution in [0.4, 0.5) is 5.82 Å². The molecule has 3 unspecified atom stereocenters. The second-order valence-corrected chi connectivity index (χ2v) is 6.00. The summed E-state index contributed by atoms with van der Waals surface area (Å²) in [6, 6.07) is 4.31. The van der Waals surface area contributed by atoms with E-state index < -0.39 is 0 Å². The number of rotatable bonds is 2. The third-order valence-corrected chi connectivity index (χ3v) is 4.80. The van der Waals surface area contributed by atoms with Gasteiger partial charge in [-0.1, -0.05) is 19.8 Å². The average molecular weight is 274 g/mol. The number of nitrogens with one attached hydrogen (secondary N) is 1. The summed E-state index contributed by atoms with van der Waals surface area (Å²) in [7, 11) is 1.60. The number of amides is 1. The van der Waals surface area contributed by atoms with Gasteiger partial charge in [0, 0.05) is 19.6 Å². The van der Waals surface area contributed by atoms with Crippen molar-refractivity contribution in [2.24, 2.45) is 11.8 Å². The van der Waals surface area contributed by atoms with Gasteiger partial charge in [0.15, 0.2) is 11.5 Å². The van der Waals surface area contributed by atoms with E-state index >= 15 is 0 Å². The molecule has 3 atom stereocenters. The molecule has 108 valence electrons. The summed E-state index contributed by atoms with van der Waals surface area (Å²) in [6.45, 7) is 3.40. The normalized spacial score (nSPS) is 29.1.